The van der Waals surface area contributed by atoms with Gasteiger partial charge in [-0.05, 0) is 37.0 Å². The predicted molar refractivity (Wildman–Crippen MR) is 103 cm³/mol. The zero-order valence-corrected chi connectivity index (χ0v) is 16.2. The van der Waals surface area contributed by atoms with E-state index < -0.39 is 11.5 Å². The van der Waals surface area contributed by atoms with E-state index in [1.54, 1.807) is 7.11 Å². The average molecular weight is 382 g/mol. The molecule has 0 aliphatic carbocycles. The molecule has 148 valence electrons. The molecule has 0 saturated carbocycles. The maximum absolute atomic E-state index is 13.3. The molecule has 5 rings (SSSR count). The lowest BCUT2D eigenvalue weighted by Gasteiger charge is -2.32. The highest BCUT2D eigenvalue weighted by Crippen LogP contribution is 2.52. The Morgan fingerprint density at radius 1 is 1.29 bits per heavy atom. The summed E-state index contributed by atoms with van der Waals surface area (Å²) in [6.45, 7) is 2.60. The van der Waals surface area contributed by atoms with Gasteiger partial charge in [-0.15, -0.1) is 0 Å². The fourth-order valence-electron chi connectivity index (χ4n) is 5.31. The van der Waals surface area contributed by atoms with Crippen molar-refractivity contribution in [2.75, 3.05) is 26.7 Å². The minimum absolute atomic E-state index is 0.0324. The van der Waals surface area contributed by atoms with Crippen LogP contribution in [0.5, 0.6) is 5.75 Å². The molecular weight excluding hydrogens is 356 g/mol. The summed E-state index contributed by atoms with van der Waals surface area (Å²) >= 11 is 0. The van der Waals surface area contributed by atoms with Gasteiger partial charge in [0.15, 0.2) is 0 Å². The van der Waals surface area contributed by atoms with Crippen LogP contribution < -0.4 is 4.74 Å². The summed E-state index contributed by atoms with van der Waals surface area (Å²) < 4.78 is 11.5. The summed E-state index contributed by atoms with van der Waals surface area (Å²) in [4.78, 5) is 30.4. The van der Waals surface area contributed by atoms with Crippen LogP contribution in [-0.2, 0) is 20.9 Å². The molecule has 0 radical (unpaired) electrons. The SMILES string of the molecule is COc1cccc(CN2C[C@]34C=C[C@H](O3)C(C(=O)N3CCCCC3)C4C2=O)c1. The smallest absolute Gasteiger partial charge is 0.230 e. The van der Waals surface area contributed by atoms with Crippen LogP contribution >= 0.6 is 0 Å². The van der Waals surface area contributed by atoms with Crippen LogP contribution in [0.3, 0.4) is 0 Å². The molecule has 2 bridgehead atoms. The predicted octanol–water partition coefficient (Wildman–Crippen LogP) is 1.99. The molecule has 4 aliphatic rings. The molecule has 4 aliphatic heterocycles. The van der Waals surface area contributed by atoms with Crippen LogP contribution in [0, 0.1) is 11.8 Å². The number of carbonyl (C=O) groups is 2. The zero-order chi connectivity index (χ0) is 19.3. The second kappa shape index (κ2) is 6.62. The Morgan fingerprint density at radius 3 is 2.89 bits per heavy atom. The van der Waals surface area contributed by atoms with Crippen molar-refractivity contribution in [3.8, 4) is 5.75 Å². The van der Waals surface area contributed by atoms with Crippen LogP contribution in [0.15, 0.2) is 36.4 Å². The number of hydrogen-bond donors (Lipinski definition) is 0. The van der Waals surface area contributed by atoms with Gasteiger partial charge in [-0.1, -0.05) is 24.3 Å². The first-order valence-corrected chi connectivity index (χ1v) is 10.2. The lowest BCUT2D eigenvalue weighted by Crippen LogP contribution is -2.47. The van der Waals surface area contributed by atoms with Crippen molar-refractivity contribution < 1.29 is 19.1 Å². The number of likely N-dealkylation sites (tertiary alicyclic amines) is 2. The van der Waals surface area contributed by atoms with Crippen LogP contribution in [-0.4, -0.2) is 60.1 Å². The van der Waals surface area contributed by atoms with Crippen molar-refractivity contribution in [1.29, 1.82) is 0 Å². The van der Waals surface area contributed by atoms with Crippen molar-refractivity contribution in [3.63, 3.8) is 0 Å². The van der Waals surface area contributed by atoms with E-state index in [4.69, 9.17) is 9.47 Å². The first-order chi connectivity index (χ1) is 13.6. The van der Waals surface area contributed by atoms with Gasteiger partial charge in [0.1, 0.15) is 11.4 Å². The molecule has 28 heavy (non-hydrogen) atoms. The first kappa shape index (κ1) is 17.7. The number of ether oxygens (including phenoxy) is 2. The van der Waals surface area contributed by atoms with Crippen LogP contribution in [0.25, 0.3) is 0 Å². The van der Waals surface area contributed by atoms with E-state index >= 15 is 0 Å². The number of amides is 2. The van der Waals surface area contributed by atoms with E-state index in [2.05, 4.69) is 0 Å². The highest BCUT2D eigenvalue weighted by molar-refractivity contribution is 5.93. The van der Waals surface area contributed by atoms with Gasteiger partial charge in [0.05, 0.1) is 31.6 Å². The molecule has 6 heteroatoms. The summed E-state index contributed by atoms with van der Waals surface area (Å²) in [5.41, 5.74) is 0.373. The van der Waals surface area contributed by atoms with Gasteiger partial charge < -0.3 is 19.3 Å². The quantitative estimate of drug-likeness (QED) is 0.748. The molecule has 0 aromatic heterocycles. The van der Waals surface area contributed by atoms with E-state index in [9.17, 15) is 9.59 Å². The van der Waals surface area contributed by atoms with E-state index in [0.717, 1.165) is 37.2 Å². The Kier molecular flexibility index (Phi) is 4.19. The van der Waals surface area contributed by atoms with Gasteiger partial charge in [0.25, 0.3) is 0 Å². The third kappa shape index (κ3) is 2.65. The van der Waals surface area contributed by atoms with Crippen molar-refractivity contribution in [2.24, 2.45) is 11.8 Å². The number of fused-ring (bicyclic) bond motifs is 1. The summed E-state index contributed by atoms with van der Waals surface area (Å²) in [5, 5.41) is 0. The Balaban J connectivity index is 1.38. The summed E-state index contributed by atoms with van der Waals surface area (Å²) in [7, 11) is 1.64. The fourth-order valence-corrected chi connectivity index (χ4v) is 5.31. The molecule has 1 aromatic carbocycles. The maximum atomic E-state index is 13.3. The highest BCUT2D eigenvalue weighted by atomic mass is 16.5. The second-order valence-corrected chi connectivity index (χ2v) is 8.33. The van der Waals surface area contributed by atoms with Crippen molar-refractivity contribution in [3.05, 3.63) is 42.0 Å². The van der Waals surface area contributed by atoms with Gasteiger partial charge in [-0.25, -0.2) is 0 Å². The topological polar surface area (TPSA) is 59.1 Å². The summed E-state index contributed by atoms with van der Waals surface area (Å²) in [6.07, 6.45) is 7.02. The number of hydrogen-bond acceptors (Lipinski definition) is 4. The monoisotopic (exact) mass is 382 g/mol. The third-order valence-corrected chi connectivity index (χ3v) is 6.64. The van der Waals surface area contributed by atoms with Gasteiger partial charge in [-0.3, -0.25) is 9.59 Å². The minimum atomic E-state index is -0.642. The zero-order valence-electron chi connectivity index (χ0n) is 16.2. The van der Waals surface area contributed by atoms with Crippen molar-refractivity contribution >= 4 is 11.8 Å². The second-order valence-electron chi connectivity index (χ2n) is 8.33. The third-order valence-electron chi connectivity index (χ3n) is 6.64. The van der Waals surface area contributed by atoms with E-state index in [1.807, 2.05) is 46.2 Å². The Hall–Kier alpha value is -2.34. The van der Waals surface area contributed by atoms with Gasteiger partial charge >= 0.3 is 0 Å². The molecule has 1 aromatic rings. The molecule has 1 spiro atoms. The summed E-state index contributed by atoms with van der Waals surface area (Å²) in [5.74, 6) is 0.119. The molecule has 3 saturated heterocycles. The van der Waals surface area contributed by atoms with Crippen LogP contribution in [0.1, 0.15) is 24.8 Å². The Labute approximate surface area is 165 Å². The molecular formula is C22H26N2O4. The van der Waals surface area contributed by atoms with E-state index in [1.165, 1.54) is 6.42 Å². The molecule has 4 heterocycles. The van der Waals surface area contributed by atoms with Crippen LogP contribution in [0.4, 0.5) is 0 Å². The van der Waals surface area contributed by atoms with Crippen molar-refractivity contribution in [2.45, 2.75) is 37.5 Å². The average Bonchev–Trinajstić information content (AvgIpc) is 3.37. The van der Waals surface area contributed by atoms with Crippen LogP contribution in [0.2, 0.25) is 0 Å². The summed E-state index contributed by atoms with van der Waals surface area (Å²) in [6, 6.07) is 7.76. The Bertz CT molecular complexity index is 832. The standard InChI is InChI=1S/C22H26N2O4/c1-27-16-7-5-6-15(12-16)13-24-14-22-9-8-17(28-22)18(19(22)21(24)26)20(25)23-10-3-2-4-11-23/h5-9,12,17-19H,2-4,10-11,13-14H2,1H3/t17-,18?,19?,22-/m0/s1. The number of piperidine rings is 1. The number of methoxy groups -OCH3 is 1. The largest absolute Gasteiger partial charge is 0.497 e. The van der Waals surface area contributed by atoms with Gasteiger partial charge in [0, 0.05) is 19.6 Å². The highest BCUT2D eigenvalue weighted by Gasteiger charge is 2.67. The molecule has 0 N–H and O–H groups in total. The van der Waals surface area contributed by atoms with Gasteiger partial charge in [-0.2, -0.15) is 0 Å². The maximum Gasteiger partial charge on any atom is 0.230 e. The normalized spacial score (nSPS) is 33.5. The molecule has 6 nitrogen and oxygen atoms in total. The molecule has 2 amide bonds. The number of benzene rings is 1. The molecule has 4 atom stereocenters. The Morgan fingerprint density at radius 2 is 2.11 bits per heavy atom. The molecule has 2 unspecified atom stereocenters. The van der Waals surface area contributed by atoms with Gasteiger partial charge in [0.2, 0.25) is 11.8 Å². The first-order valence-electron chi connectivity index (χ1n) is 10.2. The van der Waals surface area contributed by atoms with E-state index in [-0.39, 0.29) is 23.8 Å². The van der Waals surface area contributed by atoms with Crippen molar-refractivity contribution in [1.82, 2.24) is 9.80 Å². The fraction of sp³-hybridized carbons (Fsp3) is 0.545. The van der Waals surface area contributed by atoms with E-state index in [0.29, 0.717) is 13.1 Å². The molecule has 3 fully saturated rings. The number of nitrogens with zero attached hydrogens (tertiary/aromatic N) is 2. The minimum Gasteiger partial charge on any atom is -0.497 e. The lowest BCUT2D eigenvalue weighted by molar-refractivity contribution is -0.144. The number of rotatable bonds is 4. The number of carbonyl (C=O) groups excluding carboxylic acids is 2. The lowest BCUT2D eigenvalue weighted by atomic mass is 9.76.